The molecule has 2 aromatic heterocycles. The lowest BCUT2D eigenvalue weighted by atomic mass is 10.3. The summed E-state index contributed by atoms with van der Waals surface area (Å²) in [5.74, 6) is 0.829. The van der Waals surface area contributed by atoms with Gasteiger partial charge in [-0.3, -0.25) is 4.79 Å². The van der Waals surface area contributed by atoms with Crippen molar-refractivity contribution in [2.24, 2.45) is 7.05 Å². The normalized spacial score (nSPS) is 10.8. The van der Waals surface area contributed by atoms with Crippen molar-refractivity contribution in [3.05, 3.63) is 34.8 Å². The molecule has 18 heavy (non-hydrogen) atoms. The van der Waals surface area contributed by atoms with E-state index >= 15 is 0 Å². The molecule has 0 fully saturated rings. The largest absolute Gasteiger partial charge is 0.283 e. The molecule has 0 atom stereocenters. The summed E-state index contributed by atoms with van der Waals surface area (Å²) in [6.45, 7) is 2.45. The Kier molecular flexibility index (Phi) is 4.54. The Hall–Kier alpha value is -1.14. The van der Waals surface area contributed by atoms with Crippen LogP contribution in [0, 0.1) is 6.92 Å². The van der Waals surface area contributed by atoms with Crippen LogP contribution in [-0.2, 0) is 24.8 Å². The first kappa shape index (κ1) is 13.3. The van der Waals surface area contributed by atoms with E-state index in [1.165, 1.54) is 16.6 Å². The number of nitrogens with zero attached hydrogens (tertiary/aromatic N) is 3. The molecule has 0 N–H and O–H groups in total. The predicted octanol–water partition coefficient (Wildman–Crippen LogP) is 1.58. The number of aryl methyl sites for hydroxylation is 3. The predicted molar refractivity (Wildman–Crippen MR) is 73.6 cm³/mol. The summed E-state index contributed by atoms with van der Waals surface area (Å²) in [5.41, 5.74) is 2.95. The molecule has 2 aromatic rings. The minimum Gasteiger partial charge on any atom is -0.283 e. The number of rotatable bonds is 5. The van der Waals surface area contributed by atoms with Gasteiger partial charge in [0.2, 0.25) is 11.4 Å². The Bertz CT molecular complexity index is 533. The lowest BCUT2D eigenvalue weighted by Gasteiger charge is -1.98. The average Bonchev–Trinajstić information content (AvgIpc) is 2.89. The van der Waals surface area contributed by atoms with Gasteiger partial charge in [0, 0.05) is 10.6 Å². The maximum absolute atomic E-state index is 11.8. The van der Waals surface area contributed by atoms with E-state index in [0.717, 1.165) is 17.9 Å². The standard InChI is InChI=1S/C12H16N3OS2/c1-10-11(18-8-13-10)3-6-17-12(16)7-15-5-4-14(2)9-15/h4-5,8-9H,3,6-7H2,1-2H3/q+1. The maximum Gasteiger partial charge on any atom is 0.243 e. The lowest BCUT2D eigenvalue weighted by Crippen LogP contribution is -2.24. The fourth-order valence-electron chi connectivity index (χ4n) is 1.61. The van der Waals surface area contributed by atoms with Crippen molar-refractivity contribution < 1.29 is 9.36 Å². The number of hydrogen-bond donors (Lipinski definition) is 0. The Labute approximate surface area is 115 Å². The molecule has 2 heterocycles. The molecule has 96 valence electrons. The van der Waals surface area contributed by atoms with Crippen LogP contribution in [0.15, 0.2) is 24.2 Å². The summed E-state index contributed by atoms with van der Waals surface area (Å²) in [6.07, 6.45) is 6.67. The Morgan fingerprint density at radius 2 is 2.44 bits per heavy atom. The summed E-state index contributed by atoms with van der Waals surface area (Å²) in [7, 11) is 1.95. The van der Waals surface area contributed by atoms with Crippen molar-refractivity contribution in [3.8, 4) is 0 Å². The molecule has 2 rings (SSSR count). The van der Waals surface area contributed by atoms with Gasteiger partial charge in [0.05, 0.1) is 18.3 Å². The van der Waals surface area contributed by atoms with Crippen molar-refractivity contribution in [3.63, 3.8) is 0 Å². The van der Waals surface area contributed by atoms with E-state index in [9.17, 15) is 4.79 Å². The molecule has 0 amide bonds. The highest BCUT2D eigenvalue weighted by Crippen LogP contribution is 2.16. The van der Waals surface area contributed by atoms with Gasteiger partial charge < -0.3 is 0 Å². The molecule has 0 aliphatic rings. The highest BCUT2D eigenvalue weighted by Gasteiger charge is 2.09. The molecule has 0 aliphatic heterocycles. The van der Waals surface area contributed by atoms with Crippen LogP contribution >= 0.6 is 23.1 Å². The highest BCUT2D eigenvalue weighted by molar-refractivity contribution is 8.13. The van der Waals surface area contributed by atoms with E-state index in [0.29, 0.717) is 6.54 Å². The maximum atomic E-state index is 11.8. The molecule has 0 saturated carbocycles. The molecule has 4 nitrogen and oxygen atoms in total. The number of thioether (sulfide) groups is 1. The number of hydrogen-bond acceptors (Lipinski definition) is 4. The third-order valence-electron chi connectivity index (χ3n) is 2.57. The second-order valence-corrected chi connectivity index (χ2v) is 6.17. The first-order valence-electron chi connectivity index (χ1n) is 5.71. The monoisotopic (exact) mass is 282 g/mol. The van der Waals surface area contributed by atoms with Gasteiger partial charge in [0.1, 0.15) is 12.4 Å². The molecule has 0 radical (unpaired) electrons. The van der Waals surface area contributed by atoms with Gasteiger partial charge in [-0.05, 0) is 13.3 Å². The molecule has 0 aliphatic carbocycles. The van der Waals surface area contributed by atoms with Crippen molar-refractivity contribution in [2.75, 3.05) is 5.75 Å². The number of aromatic nitrogens is 3. The van der Waals surface area contributed by atoms with E-state index in [1.54, 1.807) is 11.3 Å². The molecule has 0 aromatic carbocycles. The van der Waals surface area contributed by atoms with Gasteiger partial charge >= 0.3 is 0 Å². The summed E-state index contributed by atoms with van der Waals surface area (Å²) in [4.78, 5) is 17.2. The van der Waals surface area contributed by atoms with E-state index < -0.39 is 0 Å². The van der Waals surface area contributed by atoms with Crippen LogP contribution in [-0.4, -0.2) is 20.4 Å². The van der Waals surface area contributed by atoms with Gasteiger partial charge in [-0.15, -0.1) is 11.3 Å². The molecule has 0 spiro atoms. The minimum absolute atomic E-state index is 0.202. The SMILES string of the molecule is Cc1ncsc1CCSC(=O)Cn1cc[n+](C)c1. The summed E-state index contributed by atoms with van der Waals surface area (Å²) >= 11 is 3.06. The fraction of sp³-hybridized carbons (Fsp3) is 0.417. The number of carbonyl (C=O) groups excluding carboxylic acids is 1. The topological polar surface area (TPSA) is 38.8 Å². The lowest BCUT2D eigenvalue weighted by molar-refractivity contribution is -0.671. The van der Waals surface area contributed by atoms with Crippen LogP contribution in [0.2, 0.25) is 0 Å². The van der Waals surface area contributed by atoms with Crippen LogP contribution in [0.4, 0.5) is 0 Å². The minimum atomic E-state index is 0.202. The van der Waals surface area contributed by atoms with Crippen molar-refractivity contribution in [2.45, 2.75) is 19.9 Å². The van der Waals surface area contributed by atoms with Crippen LogP contribution in [0.3, 0.4) is 0 Å². The third kappa shape index (κ3) is 3.68. The zero-order chi connectivity index (χ0) is 13.0. The number of imidazole rings is 1. The van der Waals surface area contributed by atoms with Crippen molar-refractivity contribution >= 4 is 28.2 Å². The Morgan fingerprint density at radius 1 is 1.61 bits per heavy atom. The highest BCUT2D eigenvalue weighted by atomic mass is 32.2. The van der Waals surface area contributed by atoms with E-state index in [2.05, 4.69) is 4.98 Å². The molecular formula is C12H16N3OS2+. The third-order valence-corrected chi connectivity index (χ3v) is 4.43. The first-order chi connectivity index (χ1) is 8.65. The second-order valence-electron chi connectivity index (χ2n) is 4.08. The van der Waals surface area contributed by atoms with Gasteiger partial charge in [0.15, 0.2) is 6.54 Å². The second kappa shape index (κ2) is 6.15. The molecular weight excluding hydrogens is 266 g/mol. The zero-order valence-corrected chi connectivity index (χ0v) is 12.1. The van der Waals surface area contributed by atoms with Gasteiger partial charge in [0.25, 0.3) is 0 Å². The van der Waals surface area contributed by atoms with E-state index in [-0.39, 0.29) is 5.12 Å². The summed E-state index contributed by atoms with van der Waals surface area (Å²) in [6, 6.07) is 0. The van der Waals surface area contributed by atoms with Crippen LogP contribution in [0.25, 0.3) is 0 Å². The van der Waals surface area contributed by atoms with Crippen molar-refractivity contribution in [1.82, 2.24) is 9.55 Å². The smallest absolute Gasteiger partial charge is 0.243 e. The van der Waals surface area contributed by atoms with Crippen LogP contribution in [0.5, 0.6) is 0 Å². The van der Waals surface area contributed by atoms with E-state index in [4.69, 9.17) is 0 Å². The Balaban J connectivity index is 1.74. The molecule has 0 saturated heterocycles. The van der Waals surface area contributed by atoms with E-state index in [1.807, 2.05) is 47.3 Å². The first-order valence-corrected chi connectivity index (χ1v) is 7.57. The Morgan fingerprint density at radius 3 is 3.06 bits per heavy atom. The number of thiazole rings is 1. The summed E-state index contributed by atoms with van der Waals surface area (Å²) in [5, 5.41) is 0.202. The molecule has 6 heteroatoms. The number of carbonyl (C=O) groups is 1. The fourth-order valence-corrected chi connectivity index (χ4v) is 3.30. The van der Waals surface area contributed by atoms with Gasteiger partial charge in [-0.25, -0.2) is 14.1 Å². The van der Waals surface area contributed by atoms with Crippen LogP contribution in [0.1, 0.15) is 10.6 Å². The van der Waals surface area contributed by atoms with Gasteiger partial charge in [-0.2, -0.15) is 0 Å². The van der Waals surface area contributed by atoms with Crippen LogP contribution < -0.4 is 4.57 Å². The molecule has 0 bridgehead atoms. The van der Waals surface area contributed by atoms with Crippen molar-refractivity contribution in [1.29, 1.82) is 0 Å². The molecule has 0 unspecified atom stereocenters. The zero-order valence-electron chi connectivity index (χ0n) is 10.5. The average molecular weight is 282 g/mol. The quantitative estimate of drug-likeness (QED) is 0.782. The summed E-state index contributed by atoms with van der Waals surface area (Å²) < 4.78 is 3.83. The van der Waals surface area contributed by atoms with Gasteiger partial charge in [-0.1, -0.05) is 11.8 Å².